The molecule has 10 heteroatoms. The van der Waals surface area contributed by atoms with Crippen LogP contribution in [0, 0.1) is 16.2 Å². The summed E-state index contributed by atoms with van der Waals surface area (Å²) in [7, 11) is 0. The van der Waals surface area contributed by atoms with Crippen molar-refractivity contribution in [3.05, 3.63) is 12.2 Å². The summed E-state index contributed by atoms with van der Waals surface area (Å²) in [4.78, 5) is 48.5. The van der Waals surface area contributed by atoms with Crippen molar-refractivity contribution >= 4 is 24.0 Å². The summed E-state index contributed by atoms with van der Waals surface area (Å²) in [5.41, 5.74) is -2.00. The molecule has 0 aromatic rings. The molecule has 2 N–H and O–H groups in total. The molecule has 0 aromatic heterocycles. The van der Waals surface area contributed by atoms with E-state index in [-0.39, 0.29) is 43.8 Å². The van der Waals surface area contributed by atoms with Crippen LogP contribution in [0.2, 0.25) is 0 Å². The number of hydrogen-bond donors (Lipinski definition) is 2. The lowest BCUT2D eigenvalue weighted by molar-refractivity contribution is -0.171. The molecule has 0 spiro atoms. The lowest BCUT2D eigenvalue weighted by Crippen LogP contribution is -2.42. The molecule has 0 aliphatic rings. The van der Waals surface area contributed by atoms with Crippen molar-refractivity contribution in [3.63, 3.8) is 0 Å². The fourth-order valence-corrected chi connectivity index (χ4v) is 3.73. The number of esters is 3. The molecule has 0 fully saturated rings. The van der Waals surface area contributed by atoms with Crippen LogP contribution in [0.5, 0.6) is 0 Å². The predicted octanol–water partition coefficient (Wildman–Crippen LogP) is 3.12. The summed E-state index contributed by atoms with van der Waals surface area (Å²) in [6, 6.07) is 0. The number of carbonyl (C=O) groups is 4. The van der Waals surface area contributed by atoms with E-state index in [0.717, 1.165) is 0 Å². The summed E-state index contributed by atoms with van der Waals surface area (Å²) in [6.07, 6.45) is 0.259. The van der Waals surface area contributed by atoms with Gasteiger partial charge in [0, 0.05) is 5.57 Å². The van der Waals surface area contributed by atoms with Crippen LogP contribution in [-0.4, -0.2) is 62.3 Å². The normalized spacial score (nSPS) is 14.7. The number of ether oxygens (including phenoxy) is 4. The third kappa shape index (κ3) is 11.5. The van der Waals surface area contributed by atoms with Crippen molar-refractivity contribution in [2.75, 3.05) is 33.2 Å². The number of rotatable bonds is 14. The minimum Gasteiger partial charge on any atom is -0.462 e. The zero-order valence-electron chi connectivity index (χ0n) is 21.6. The molecule has 0 bridgehead atoms. The Morgan fingerprint density at radius 3 is 1.88 bits per heavy atom. The summed E-state index contributed by atoms with van der Waals surface area (Å²) < 4.78 is 20.0. The smallest absolute Gasteiger partial charge is 0.407 e. The van der Waals surface area contributed by atoms with E-state index in [1.165, 1.54) is 6.92 Å². The van der Waals surface area contributed by atoms with E-state index in [4.69, 9.17) is 24.1 Å². The Bertz CT molecular complexity index is 728. The van der Waals surface area contributed by atoms with Crippen molar-refractivity contribution in [1.82, 2.24) is 5.32 Å². The predicted molar refractivity (Wildman–Crippen MR) is 124 cm³/mol. The molecule has 2 atom stereocenters. The molecular weight excluding hydrogens is 446 g/mol. The maximum atomic E-state index is 13.1. The van der Waals surface area contributed by atoms with Crippen LogP contribution in [0.3, 0.4) is 0 Å². The second kappa shape index (κ2) is 13.9. The number of aliphatic hydroxyl groups excluding tert-OH is 1. The zero-order chi connectivity index (χ0) is 26.6. The lowest BCUT2D eigenvalue weighted by atomic mass is 9.65. The number of hydrogen-bond acceptors (Lipinski definition) is 9. The first-order valence-corrected chi connectivity index (χ1v) is 11.3. The molecule has 0 saturated carbocycles. The Hall–Kier alpha value is -2.62. The maximum Gasteiger partial charge on any atom is 0.407 e. The molecule has 0 aliphatic carbocycles. The van der Waals surface area contributed by atoms with Gasteiger partial charge in [0.25, 0.3) is 0 Å². The first-order chi connectivity index (χ1) is 15.6. The number of alkyl carbamates (subject to hydrolysis) is 1. The van der Waals surface area contributed by atoms with Gasteiger partial charge in [-0.3, -0.25) is 9.59 Å². The highest BCUT2D eigenvalue weighted by molar-refractivity contribution is 5.86. The Morgan fingerprint density at radius 2 is 1.38 bits per heavy atom. The van der Waals surface area contributed by atoms with E-state index in [0.29, 0.717) is 12.8 Å². The fourth-order valence-electron chi connectivity index (χ4n) is 3.73. The van der Waals surface area contributed by atoms with Crippen LogP contribution >= 0.6 is 0 Å². The average molecular weight is 488 g/mol. The minimum atomic E-state index is -1.02. The SMILES string of the molecule is C=C(C)C(=O)OCCNC(=O)OCCOC(=O)C(C)(CC(C)(C)C)CC(C)(CC)C(=O)OCO. The zero-order valence-corrected chi connectivity index (χ0v) is 21.6. The molecule has 0 rings (SSSR count). The van der Waals surface area contributed by atoms with Gasteiger partial charge in [-0.2, -0.15) is 0 Å². The van der Waals surface area contributed by atoms with Crippen molar-refractivity contribution in [2.24, 2.45) is 16.2 Å². The van der Waals surface area contributed by atoms with E-state index in [1.54, 1.807) is 13.8 Å². The van der Waals surface area contributed by atoms with E-state index in [1.807, 2.05) is 27.7 Å². The van der Waals surface area contributed by atoms with Crippen LogP contribution in [0.25, 0.3) is 0 Å². The molecule has 0 aromatic carbocycles. The number of amides is 1. The topological polar surface area (TPSA) is 137 Å². The van der Waals surface area contributed by atoms with Crippen LogP contribution in [0.15, 0.2) is 12.2 Å². The van der Waals surface area contributed by atoms with E-state index in [2.05, 4.69) is 11.9 Å². The van der Waals surface area contributed by atoms with Gasteiger partial charge in [-0.05, 0) is 45.4 Å². The van der Waals surface area contributed by atoms with E-state index >= 15 is 0 Å². The largest absolute Gasteiger partial charge is 0.462 e. The number of carbonyl (C=O) groups excluding carboxylic acids is 4. The number of aliphatic hydroxyl groups is 1. The summed E-state index contributed by atoms with van der Waals surface area (Å²) >= 11 is 0. The molecule has 10 nitrogen and oxygen atoms in total. The molecule has 196 valence electrons. The van der Waals surface area contributed by atoms with Gasteiger partial charge in [0.1, 0.15) is 19.8 Å². The third-order valence-corrected chi connectivity index (χ3v) is 5.17. The second-order valence-corrected chi connectivity index (χ2v) is 10.1. The standard InChI is InChI=1S/C24H41NO9/c1-9-23(7,19(28)34-16-26)15-24(8,14-22(4,5)6)20(29)32-12-13-33-21(30)25-10-11-31-18(27)17(2)3/h26H,2,9-16H2,1,3-8H3,(H,25,30). The average Bonchev–Trinajstić information content (AvgIpc) is 2.72. The first-order valence-electron chi connectivity index (χ1n) is 11.3. The molecule has 34 heavy (non-hydrogen) atoms. The van der Waals surface area contributed by atoms with Gasteiger partial charge in [-0.15, -0.1) is 0 Å². The second-order valence-electron chi connectivity index (χ2n) is 10.1. The highest BCUT2D eigenvalue weighted by Crippen LogP contribution is 2.45. The fraction of sp³-hybridized carbons (Fsp3) is 0.750. The third-order valence-electron chi connectivity index (χ3n) is 5.17. The Balaban J connectivity index is 4.87. The highest BCUT2D eigenvalue weighted by atomic mass is 16.6. The Labute approximate surface area is 202 Å². The molecule has 0 aliphatic heterocycles. The van der Waals surface area contributed by atoms with Crippen LogP contribution < -0.4 is 5.32 Å². The van der Waals surface area contributed by atoms with Crippen molar-refractivity contribution in [3.8, 4) is 0 Å². The van der Waals surface area contributed by atoms with Crippen LogP contribution in [0.1, 0.15) is 67.7 Å². The van der Waals surface area contributed by atoms with Gasteiger partial charge in [-0.25, -0.2) is 9.59 Å². The maximum absolute atomic E-state index is 13.1. The molecule has 0 saturated heterocycles. The van der Waals surface area contributed by atoms with Crippen molar-refractivity contribution in [1.29, 1.82) is 0 Å². The summed E-state index contributed by atoms with van der Waals surface area (Å²) in [5.74, 6) is -1.65. The summed E-state index contributed by atoms with van der Waals surface area (Å²) in [6.45, 7) is 15.1. The molecule has 1 amide bonds. The Kier molecular flexibility index (Phi) is 12.9. The van der Waals surface area contributed by atoms with E-state index < -0.39 is 41.6 Å². The van der Waals surface area contributed by atoms with Gasteiger partial charge in [-0.1, -0.05) is 34.3 Å². The lowest BCUT2D eigenvalue weighted by Gasteiger charge is -2.39. The number of nitrogens with one attached hydrogen (secondary N) is 1. The van der Waals surface area contributed by atoms with Gasteiger partial charge in [0.05, 0.1) is 17.4 Å². The van der Waals surface area contributed by atoms with Crippen LogP contribution in [-0.2, 0) is 33.3 Å². The molecular formula is C24H41NO9. The van der Waals surface area contributed by atoms with Crippen LogP contribution in [0.4, 0.5) is 4.79 Å². The quantitative estimate of drug-likeness (QED) is 0.124. The highest BCUT2D eigenvalue weighted by Gasteiger charge is 2.47. The molecule has 0 heterocycles. The molecule has 0 radical (unpaired) electrons. The first kappa shape index (κ1) is 31.4. The van der Waals surface area contributed by atoms with E-state index in [9.17, 15) is 19.2 Å². The van der Waals surface area contributed by atoms with Gasteiger partial charge >= 0.3 is 24.0 Å². The van der Waals surface area contributed by atoms with Crippen molar-refractivity contribution in [2.45, 2.75) is 67.7 Å². The molecule has 2 unspecified atom stereocenters. The van der Waals surface area contributed by atoms with Gasteiger partial charge < -0.3 is 29.4 Å². The Morgan fingerprint density at radius 1 is 0.824 bits per heavy atom. The van der Waals surface area contributed by atoms with Gasteiger partial charge in [0.15, 0.2) is 6.79 Å². The van der Waals surface area contributed by atoms with Gasteiger partial charge in [0.2, 0.25) is 0 Å². The minimum absolute atomic E-state index is 0.0319. The van der Waals surface area contributed by atoms with Crippen molar-refractivity contribution < 1.29 is 43.2 Å². The monoisotopic (exact) mass is 487 g/mol. The summed E-state index contributed by atoms with van der Waals surface area (Å²) in [5, 5.41) is 11.4.